The minimum Gasteiger partial charge on any atom is -1.00 e. The van der Waals surface area contributed by atoms with E-state index in [1.807, 2.05) is 0 Å². The van der Waals surface area contributed by atoms with Crippen molar-refractivity contribution in [3.8, 4) is 12.4 Å². The Balaban J connectivity index is -0.0000000160. The Morgan fingerprint density at radius 1 is 1.14 bits per heavy atom. The van der Waals surface area contributed by atoms with Gasteiger partial charge in [-0.3, -0.25) is 0 Å². The van der Waals surface area contributed by atoms with E-state index in [1.165, 1.54) is 12.4 Å². The maximum absolute atomic E-state index is 7.10. The van der Waals surface area contributed by atoms with Gasteiger partial charge in [-0.25, -0.2) is 0 Å². The SMILES string of the molecule is N#CN.N#CN.[H-].[Rb+]. The van der Waals surface area contributed by atoms with Crippen LogP contribution in [0.5, 0.6) is 0 Å². The summed E-state index contributed by atoms with van der Waals surface area (Å²) in [6.45, 7) is 0. The summed E-state index contributed by atoms with van der Waals surface area (Å²) in [6, 6.07) is 0. The van der Waals surface area contributed by atoms with Gasteiger partial charge in [0.05, 0.1) is 0 Å². The molecule has 0 aliphatic rings. The van der Waals surface area contributed by atoms with Crippen molar-refractivity contribution in [3.05, 3.63) is 0 Å². The Morgan fingerprint density at radius 2 is 1.14 bits per heavy atom. The second kappa shape index (κ2) is 32.5. The van der Waals surface area contributed by atoms with Gasteiger partial charge in [0, 0.05) is 0 Å². The Bertz CT molecular complexity index is 69.0. The van der Waals surface area contributed by atoms with Crippen molar-refractivity contribution < 1.29 is 59.6 Å². The topological polar surface area (TPSA) is 99.6 Å². The van der Waals surface area contributed by atoms with Gasteiger partial charge in [0.15, 0.2) is 12.4 Å². The largest absolute Gasteiger partial charge is 1.00 e. The molecule has 34 valence electrons. The van der Waals surface area contributed by atoms with Gasteiger partial charge in [-0.2, -0.15) is 10.5 Å². The van der Waals surface area contributed by atoms with Crippen molar-refractivity contribution in [2.45, 2.75) is 0 Å². The third kappa shape index (κ3) is 828. The van der Waals surface area contributed by atoms with Crippen LogP contribution in [0.4, 0.5) is 0 Å². The van der Waals surface area contributed by atoms with E-state index in [0.717, 1.165) is 0 Å². The molecule has 0 bridgehead atoms. The summed E-state index contributed by atoms with van der Waals surface area (Å²) in [7, 11) is 0. The van der Waals surface area contributed by atoms with Crippen LogP contribution in [-0.4, -0.2) is 0 Å². The molecule has 0 rings (SSSR count). The van der Waals surface area contributed by atoms with Crippen LogP contribution in [0, 0.1) is 22.9 Å². The van der Waals surface area contributed by atoms with E-state index < -0.39 is 0 Å². The van der Waals surface area contributed by atoms with Crippen molar-refractivity contribution >= 4 is 0 Å². The van der Waals surface area contributed by atoms with Gasteiger partial charge in [-0.1, -0.05) is 0 Å². The molecule has 0 radical (unpaired) electrons. The first-order valence-corrected chi connectivity index (χ1v) is 1.02. The molecule has 0 aromatic rings. The molecule has 0 aliphatic carbocycles. The number of nitrogens with two attached hydrogens (primary N) is 2. The van der Waals surface area contributed by atoms with Crippen LogP contribution >= 0.6 is 0 Å². The van der Waals surface area contributed by atoms with Gasteiger partial charge in [-0.15, -0.1) is 0 Å². The summed E-state index contributed by atoms with van der Waals surface area (Å²) in [5.41, 5.74) is 8.31. The van der Waals surface area contributed by atoms with Crippen LogP contribution in [0.3, 0.4) is 0 Å². The number of nitriles is 2. The molecule has 0 heterocycles. The van der Waals surface area contributed by atoms with Crippen molar-refractivity contribution in [1.29, 1.82) is 10.5 Å². The molecule has 0 atom stereocenters. The molecule has 0 aromatic carbocycles. The Labute approximate surface area is 92.4 Å². The van der Waals surface area contributed by atoms with Crippen LogP contribution in [0.2, 0.25) is 0 Å². The molecule has 0 aliphatic heterocycles. The fourth-order valence-electron chi connectivity index (χ4n) is 0. The van der Waals surface area contributed by atoms with E-state index >= 15 is 0 Å². The van der Waals surface area contributed by atoms with Crippen LogP contribution in [0.15, 0.2) is 0 Å². The standard InChI is InChI=1S/2CH2N2.Rb.H/c2*2-1-3;;/h2*2H2;;/q;;+1;-1. The molecule has 4 N–H and O–H groups in total. The first-order valence-electron chi connectivity index (χ1n) is 1.02. The second-order valence-corrected chi connectivity index (χ2v) is 0.258. The zero-order valence-electron chi connectivity index (χ0n) is 5.05. The molecule has 4 nitrogen and oxygen atoms in total. The van der Waals surface area contributed by atoms with Gasteiger partial charge < -0.3 is 12.9 Å². The van der Waals surface area contributed by atoms with E-state index in [0.29, 0.717) is 0 Å². The number of nitrogens with zero attached hydrogens (tertiary/aromatic N) is 2. The predicted molar refractivity (Wildman–Crippen MR) is 20.7 cm³/mol. The predicted octanol–water partition coefficient (Wildman–Crippen LogP) is -4.03. The van der Waals surface area contributed by atoms with Gasteiger partial charge in [0.1, 0.15) is 0 Å². The fourth-order valence-corrected chi connectivity index (χ4v) is 0. The first-order chi connectivity index (χ1) is 2.83. The third-order valence-corrected chi connectivity index (χ3v) is 0. The van der Waals surface area contributed by atoms with Crippen molar-refractivity contribution in [2.24, 2.45) is 11.5 Å². The zero-order valence-corrected chi connectivity index (χ0v) is 8.97. The van der Waals surface area contributed by atoms with E-state index in [1.54, 1.807) is 0 Å². The average molecular weight is 171 g/mol. The van der Waals surface area contributed by atoms with E-state index in [4.69, 9.17) is 10.5 Å². The Hall–Kier alpha value is 0.385. The van der Waals surface area contributed by atoms with E-state index in [2.05, 4.69) is 11.5 Å². The number of rotatable bonds is 0. The number of hydrogen-bond donors (Lipinski definition) is 2. The molecule has 0 aromatic heterocycles. The summed E-state index contributed by atoms with van der Waals surface area (Å²) in [4.78, 5) is 0. The molecule has 0 fully saturated rings. The van der Waals surface area contributed by atoms with Crippen LogP contribution in [0.1, 0.15) is 1.43 Å². The molecular weight excluding hydrogens is 166 g/mol. The Kier molecular flexibility index (Phi) is 72.8. The Morgan fingerprint density at radius 3 is 1.14 bits per heavy atom. The summed E-state index contributed by atoms with van der Waals surface area (Å²) in [6.07, 6.45) is 2.50. The molecule has 0 saturated heterocycles. The molecule has 5 heteroatoms. The van der Waals surface area contributed by atoms with Gasteiger partial charge in [0.25, 0.3) is 0 Å². The summed E-state index contributed by atoms with van der Waals surface area (Å²) in [5, 5.41) is 14.2. The number of hydrogen-bond acceptors (Lipinski definition) is 4. The van der Waals surface area contributed by atoms with Crippen LogP contribution in [0.25, 0.3) is 0 Å². The molecular formula is C2H5N4Rb. The van der Waals surface area contributed by atoms with E-state index in [9.17, 15) is 0 Å². The summed E-state index contributed by atoms with van der Waals surface area (Å²) >= 11 is 0. The van der Waals surface area contributed by atoms with Gasteiger partial charge in [0.2, 0.25) is 0 Å². The van der Waals surface area contributed by atoms with Gasteiger partial charge >= 0.3 is 58.2 Å². The van der Waals surface area contributed by atoms with Crippen molar-refractivity contribution in [2.75, 3.05) is 0 Å². The molecule has 0 amide bonds. The molecule has 0 spiro atoms. The van der Waals surface area contributed by atoms with Gasteiger partial charge in [-0.05, 0) is 0 Å². The van der Waals surface area contributed by atoms with Crippen LogP contribution < -0.4 is 69.7 Å². The maximum Gasteiger partial charge on any atom is 1.00 e. The smallest absolute Gasteiger partial charge is 1.00 e. The fraction of sp³-hybridized carbons (Fsp3) is 0. The minimum atomic E-state index is 0. The van der Waals surface area contributed by atoms with Crippen molar-refractivity contribution in [3.63, 3.8) is 0 Å². The van der Waals surface area contributed by atoms with Crippen LogP contribution in [-0.2, 0) is 0 Å². The normalized spacial score (nSPS) is 2.00. The van der Waals surface area contributed by atoms with E-state index in [-0.39, 0.29) is 59.6 Å². The maximum atomic E-state index is 7.10. The quantitative estimate of drug-likeness (QED) is 0.286. The molecule has 0 unspecified atom stereocenters. The summed E-state index contributed by atoms with van der Waals surface area (Å²) < 4.78 is 0. The zero-order chi connectivity index (χ0) is 5.41. The minimum absolute atomic E-state index is 0. The molecule has 0 saturated carbocycles. The summed E-state index contributed by atoms with van der Waals surface area (Å²) in [5.74, 6) is 0. The third-order valence-electron chi connectivity index (χ3n) is 0. The second-order valence-electron chi connectivity index (χ2n) is 0.258. The first kappa shape index (κ1) is 15.7. The monoisotopic (exact) mass is 170 g/mol. The van der Waals surface area contributed by atoms with Crippen molar-refractivity contribution in [1.82, 2.24) is 0 Å². The molecule has 7 heavy (non-hydrogen) atoms. The average Bonchev–Trinajstić information content (AvgIpc) is 1.39.